The van der Waals surface area contributed by atoms with Crippen LogP contribution in [0.5, 0.6) is 5.75 Å². The summed E-state index contributed by atoms with van der Waals surface area (Å²) in [5.74, 6) is 0.193. The van der Waals surface area contributed by atoms with E-state index in [0.717, 1.165) is 25.7 Å². The maximum absolute atomic E-state index is 12.7. The maximum Gasteiger partial charge on any atom is 0.274 e. The summed E-state index contributed by atoms with van der Waals surface area (Å²) in [4.78, 5) is 35.0. The summed E-state index contributed by atoms with van der Waals surface area (Å²) in [5.41, 5.74) is 0.794. The van der Waals surface area contributed by atoms with Gasteiger partial charge >= 0.3 is 0 Å². The Morgan fingerprint density at radius 3 is 2.75 bits per heavy atom. The Balaban J connectivity index is 1.67. The summed E-state index contributed by atoms with van der Waals surface area (Å²) < 4.78 is 5.79. The van der Waals surface area contributed by atoms with Crippen LogP contribution in [0.25, 0.3) is 0 Å². The highest BCUT2D eigenvalue weighted by atomic mass is 35.5. The van der Waals surface area contributed by atoms with Crippen LogP contribution >= 0.6 is 11.6 Å². The Morgan fingerprint density at radius 1 is 1.14 bits per heavy atom. The molecule has 2 amide bonds. The first-order chi connectivity index (χ1) is 13.6. The van der Waals surface area contributed by atoms with Crippen molar-refractivity contribution >= 4 is 23.4 Å². The van der Waals surface area contributed by atoms with Gasteiger partial charge in [0, 0.05) is 37.1 Å². The van der Waals surface area contributed by atoms with Gasteiger partial charge in [0.15, 0.2) is 0 Å². The SMILES string of the molecule is O=C1NCCCCN(C(=O)c2cnccn2)CCCCOc2ccc(Cl)cc21. The Kier molecular flexibility index (Phi) is 7.19. The molecule has 1 aliphatic heterocycles. The zero-order valence-electron chi connectivity index (χ0n) is 15.6. The number of rotatable bonds is 1. The van der Waals surface area contributed by atoms with Crippen LogP contribution < -0.4 is 10.1 Å². The lowest BCUT2D eigenvalue weighted by atomic mass is 10.1. The number of hydrogen-bond acceptors (Lipinski definition) is 5. The van der Waals surface area contributed by atoms with E-state index >= 15 is 0 Å². The van der Waals surface area contributed by atoms with Crippen LogP contribution in [0, 0.1) is 0 Å². The molecular formula is C20H23ClN4O3. The molecule has 1 aromatic heterocycles. The molecule has 0 radical (unpaired) electrons. The number of carbonyl (C=O) groups is 2. The number of nitrogens with zero attached hydrogens (tertiary/aromatic N) is 3. The number of benzene rings is 1. The van der Waals surface area contributed by atoms with E-state index < -0.39 is 0 Å². The van der Waals surface area contributed by atoms with Crippen molar-refractivity contribution in [3.63, 3.8) is 0 Å². The third-order valence-corrected chi connectivity index (χ3v) is 4.71. The number of halogens is 1. The Morgan fingerprint density at radius 2 is 1.96 bits per heavy atom. The number of nitrogens with one attached hydrogen (secondary N) is 1. The zero-order chi connectivity index (χ0) is 19.8. The molecule has 3 rings (SSSR count). The molecule has 28 heavy (non-hydrogen) atoms. The van der Waals surface area contributed by atoms with Crippen LogP contribution in [0.1, 0.15) is 46.5 Å². The van der Waals surface area contributed by atoms with Gasteiger partial charge in [0.25, 0.3) is 11.8 Å². The highest BCUT2D eigenvalue weighted by Crippen LogP contribution is 2.23. The van der Waals surface area contributed by atoms with E-state index in [2.05, 4.69) is 15.3 Å². The molecule has 0 saturated carbocycles. The number of aromatic nitrogens is 2. The van der Waals surface area contributed by atoms with E-state index in [1.54, 1.807) is 29.3 Å². The molecular weight excluding hydrogens is 380 g/mol. The molecule has 1 aromatic carbocycles. The molecule has 0 aliphatic carbocycles. The van der Waals surface area contributed by atoms with Crippen LogP contribution in [-0.4, -0.2) is 52.9 Å². The molecule has 0 spiro atoms. The third kappa shape index (κ3) is 5.42. The first-order valence-corrected chi connectivity index (χ1v) is 9.79. The summed E-state index contributed by atoms with van der Waals surface area (Å²) in [5, 5.41) is 3.39. The van der Waals surface area contributed by atoms with Crippen molar-refractivity contribution < 1.29 is 14.3 Å². The summed E-state index contributed by atoms with van der Waals surface area (Å²) in [7, 11) is 0. The largest absolute Gasteiger partial charge is 0.493 e. The van der Waals surface area contributed by atoms with Gasteiger partial charge in [-0.1, -0.05) is 11.6 Å². The predicted octanol–water partition coefficient (Wildman–Crippen LogP) is 2.96. The molecule has 0 fully saturated rings. The predicted molar refractivity (Wildman–Crippen MR) is 106 cm³/mol. The molecule has 0 unspecified atom stereocenters. The van der Waals surface area contributed by atoms with Crippen molar-refractivity contribution in [1.29, 1.82) is 0 Å². The zero-order valence-corrected chi connectivity index (χ0v) is 16.3. The summed E-state index contributed by atoms with van der Waals surface area (Å²) in [6.45, 7) is 2.19. The van der Waals surface area contributed by atoms with Gasteiger partial charge < -0.3 is 15.0 Å². The first kappa shape index (κ1) is 20.1. The summed E-state index contributed by atoms with van der Waals surface area (Å²) in [6.07, 6.45) is 7.64. The lowest BCUT2D eigenvalue weighted by Gasteiger charge is -2.23. The van der Waals surface area contributed by atoms with Crippen LogP contribution in [0.15, 0.2) is 36.8 Å². The monoisotopic (exact) mass is 402 g/mol. The molecule has 0 bridgehead atoms. The van der Waals surface area contributed by atoms with Crippen LogP contribution in [-0.2, 0) is 0 Å². The highest BCUT2D eigenvalue weighted by Gasteiger charge is 2.18. The summed E-state index contributed by atoms with van der Waals surface area (Å²) in [6, 6.07) is 5.05. The number of fused-ring (bicyclic) bond motifs is 1. The summed E-state index contributed by atoms with van der Waals surface area (Å²) >= 11 is 6.03. The third-order valence-electron chi connectivity index (χ3n) is 4.48. The van der Waals surface area contributed by atoms with Crippen molar-refractivity contribution in [2.75, 3.05) is 26.2 Å². The molecule has 1 N–H and O–H groups in total. The standard InChI is InChI=1S/C20H23ClN4O3/c21-15-5-6-18-16(13-15)19(26)24-7-1-2-10-25(11-3-4-12-28-18)20(27)17-14-22-8-9-23-17/h5-6,8-9,13-14H,1-4,7,10-12H2,(H,24,26). The number of ether oxygens (including phenoxy) is 1. The number of carbonyl (C=O) groups excluding carboxylic acids is 2. The van der Waals surface area contributed by atoms with Gasteiger partial charge in [-0.3, -0.25) is 14.6 Å². The fourth-order valence-electron chi connectivity index (χ4n) is 3.00. The molecule has 2 heterocycles. The molecule has 7 nitrogen and oxygen atoms in total. The van der Waals surface area contributed by atoms with Gasteiger partial charge in [-0.05, 0) is 43.9 Å². The minimum Gasteiger partial charge on any atom is -0.493 e. The Hall–Kier alpha value is -2.67. The van der Waals surface area contributed by atoms with E-state index in [0.29, 0.717) is 48.3 Å². The normalized spacial score (nSPS) is 16.3. The van der Waals surface area contributed by atoms with Gasteiger partial charge in [-0.15, -0.1) is 0 Å². The fraction of sp³-hybridized carbons (Fsp3) is 0.400. The van der Waals surface area contributed by atoms with Gasteiger partial charge in [0.05, 0.1) is 18.4 Å². The molecule has 1 aliphatic rings. The second-order valence-electron chi connectivity index (χ2n) is 6.54. The van der Waals surface area contributed by atoms with E-state index in [-0.39, 0.29) is 11.8 Å². The van der Waals surface area contributed by atoms with Crippen molar-refractivity contribution in [2.24, 2.45) is 0 Å². The Bertz CT molecular complexity index is 816. The van der Waals surface area contributed by atoms with Gasteiger partial charge in [-0.2, -0.15) is 0 Å². The minimum atomic E-state index is -0.206. The highest BCUT2D eigenvalue weighted by molar-refractivity contribution is 6.31. The molecule has 0 saturated heterocycles. The van der Waals surface area contributed by atoms with E-state index in [1.807, 2.05) is 0 Å². The van der Waals surface area contributed by atoms with Crippen molar-refractivity contribution in [3.05, 3.63) is 53.1 Å². The lowest BCUT2D eigenvalue weighted by molar-refractivity contribution is 0.0739. The molecule has 8 heteroatoms. The second-order valence-corrected chi connectivity index (χ2v) is 6.98. The number of amides is 2. The van der Waals surface area contributed by atoms with Crippen molar-refractivity contribution in [3.8, 4) is 5.75 Å². The van der Waals surface area contributed by atoms with Crippen molar-refractivity contribution in [2.45, 2.75) is 25.7 Å². The van der Waals surface area contributed by atoms with Gasteiger partial charge in [0.2, 0.25) is 0 Å². The second kappa shape index (κ2) is 10.0. The lowest BCUT2D eigenvalue weighted by Crippen LogP contribution is -2.34. The first-order valence-electron chi connectivity index (χ1n) is 9.41. The van der Waals surface area contributed by atoms with Gasteiger partial charge in [0.1, 0.15) is 11.4 Å². The number of hydrogen-bond donors (Lipinski definition) is 1. The fourth-order valence-corrected chi connectivity index (χ4v) is 3.18. The smallest absolute Gasteiger partial charge is 0.274 e. The molecule has 148 valence electrons. The topological polar surface area (TPSA) is 84.4 Å². The minimum absolute atomic E-state index is 0.120. The molecule has 2 aromatic rings. The van der Waals surface area contributed by atoms with Crippen LogP contribution in [0.3, 0.4) is 0 Å². The molecule has 0 atom stereocenters. The average molecular weight is 403 g/mol. The maximum atomic E-state index is 12.7. The quantitative estimate of drug-likeness (QED) is 0.792. The Labute approximate surface area is 169 Å². The van der Waals surface area contributed by atoms with E-state index in [9.17, 15) is 9.59 Å². The van der Waals surface area contributed by atoms with E-state index in [4.69, 9.17) is 16.3 Å². The van der Waals surface area contributed by atoms with Crippen LogP contribution in [0.2, 0.25) is 5.02 Å². The van der Waals surface area contributed by atoms with Crippen LogP contribution in [0.4, 0.5) is 0 Å². The average Bonchev–Trinajstić information content (AvgIpc) is 2.72. The van der Waals surface area contributed by atoms with E-state index in [1.165, 1.54) is 12.4 Å². The van der Waals surface area contributed by atoms with Crippen molar-refractivity contribution in [1.82, 2.24) is 20.2 Å². The van der Waals surface area contributed by atoms with Gasteiger partial charge in [-0.25, -0.2) is 4.98 Å².